The van der Waals surface area contributed by atoms with Crippen LogP contribution < -0.4 is 16.2 Å². The lowest BCUT2D eigenvalue weighted by Crippen LogP contribution is -2.68. The standard InChI is InChI=1S/C18H22N4O3/c1-13-18(11-24-12-18)25-8-7-22(13)16-9-14(10-21-17(16)23)3-4-15(20-2)5-6-19/h5-6,9-10,13H,7-8,11-12,19H2,1-2H3,(H,21,23)/b6-5-,20-15?/t13-/m0/s1. The van der Waals surface area contributed by atoms with E-state index in [1.165, 1.54) is 6.20 Å². The first-order valence-electron chi connectivity index (χ1n) is 8.18. The van der Waals surface area contributed by atoms with Gasteiger partial charge >= 0.3 is 0 Å². The van der Waals surface area contributed by atoms with E-state index in [4.69, 9.17) is 15.2 Å². The Bertz CT molecular complexity index is 812. The molecule has 3 rings (SSSR count). The topological polar surface area (TPSA) is 92.9 Å². The molecule has 7 heteroatoms. The molecule has 1 atom stereocenters. The molecule has 132 valence electrons. The Kier molecular flexibility index (Phi) is 4.93. The van der Waals surface area contributed by atoms with E-state index in [-0.39, 0.29) is 17.2 Å². The van der Waals surface area contributed by atoms with E-state index < -0.39 is 0 Å². The summed E-state index contributed by atoms with van der Waals surface area (Å²) in [5, 5.41) is 0. The number of hydrogen-bond donors (Lipinski definition) is 2. The summed E-state index contributed by atoms with van der Waals surface area (Å²) in [5.74, 6) is 5.94. The quantitative estimate of drug-likeness (QED) is 0.594. The molecule has 3 N–H and O–H groups in total. The molecule has 25 heavy (non-hydrogen) atoms. The highest BCUT2D eigenvalue weighted by molar-refractivity contribution is 6.08. The van der Waals surface area contributed by atoms with E-state index in [1.807, 2.05) is 0 Å². The molecular weight excluding hydrogens is 320 g/mol. The summed E-state index contributed by atoms with van der Waals surface area (Å²) < 4.78 is 11.2. The molecule has 0 bridgehead atoms. The minimum Gasteiger partial charge on any atom is -0.405 e. The van der Waals surface area contributed by atoms with Crippen LogP contribution in [0.15, 0.2) is 34.3 Å². The van der Waals surface area contributed by atoms with E-state index in [0.29, 0.717) is 43.3 Å². The van der Waals surface area contributed by atoms with Gasteiger partial charge in [-0.25, -0.2) is 0 Å². The zero-order valence-electron chi connectivity index (χ0n) is 14.4. The van der Waals surface area contributed by atoms with Gasteiger partial charge in [-0.1, -0.05) is 5.92 Å². The highest BCUT2D eigenvalue weighted by atomic mass is 16.6. The average Bonchev–Trinajstić information content (AvgIpc) is 2.59. The predicted molar refractivity (Wildman–Crippen MR) is 96.9 cm³/mol. The molecule has 0 aromatic carbocycles. The van der Waals surface area contributed by atoms with Crippen molar-refractivity contribution in [3.05, 3.63) is 40.5 Å². The zero-order valence-corrected chi connectivity index (χ0v) is 14.4. The summed E-state index contributed by atoms with van der Waals surface area (Å²) in [6.45, 7) is 4.40. The second-order valence-electron chi connectivity index (χ2n) is 6.10. The molecule has 1 aromatic rings. The minimum atomic E-state index is -0.319. The van der Waals surface area contributed by atoms with Crippen LogP contribution in [0.1, 0.15) is 12.5 Å². The lowest BCUT2D eigenvalue weighted by Gasteiger charge is -2.53. The number of ether oxygens (including phenoxy) is 2. The summed E-state index contributed by atoms with van der Waals surface area (Å²) in [7, 11) is 1.65. The van der Waals surface area contributed by atoms with Gasteiger partial charge in [-0.3, -0.25) is 9.79 Å². The molecule has 2 aliphatic heterocycles. The first kappa shape index (κ1) is 17.3. The van der Waals surface area contributed by atoms with Crippen molar-refractivity contribution < 1.29 is 9.47 Å². The number of hydrogen-bond acceptors (Lipinski definition) is 6. The molecule has 3 heterocycles. The van der Waals surface area contributed by atoms with Crippen molar-refractivity contribution in [3.8, 4) is 11.8 Å². The monoisotopic (exact) mass is 342 g/mol. The highest BCUT2D eigenvalue weighted by Crippen LogP contribution is 2.34. The first-order valence-corrected chi connectivity index (χ1v) is 8.18. The van der Waals surface area contributed by atoms with Gasteiger partial charge in [0.2, 0.25) is 0 Å². The molecule has 2 saturated heterocycles. The van der Waals surface area contributed by atoms with Crippen LogP contribution in [0.2, 0.25) is 0 Å². The smallest absolute Gasteiger partial charge is 0.271 e. The lowest BCUT2D eigenvalue weighted by molar-refractivity contribution is -0.228. The van der Waals surface area contributed by atoms with Crippen LogP contribution in [-0.4, -0.2) is 55.8 Å². The number of rotatable bonds is 2. The Morgan fingerprint density at radius 3 is 3.00 bits per heavy atom. The van der Waals surface area contributed by atoms with Gasteiger partial charge in [-0.15, -0.1) is 0 Å². The van der Waals surface area contributed by atoms with E-state index in [2.05, 4.69) is 33.6 Å². The van der Waals surface area contributed by atoms with Gasteiger partial charge in [-0.05, 0) is 31.2 Å². The van der Waals surface area contributed by atoms with Crippen LogP contribution in [-0.2, 0) is 9.47 Å². The van der Waals surface area contributed by atoms with Crippen LogP contribution in [0.5, 0.6) is 0 Å². The second-order valence-corrected chi connectivity index (χ2v) is 6.10. The molecule has 2 aliphatic rings. The van der Waals surface area contributed by atoms with Gasteiger partial charge in [0.15, 0.2) is 0 Å². The van der Waals surface area contributed by atoms with Crippen molar-refractivity contribution in [2.45, 2.75) is 18.6 Å². The fourth-order valence-electron chi connectivity index (χ4n) is 3.06. The van der Waals surface area contributed by atoms with Crippen molar-refractivity contribution in [2.75, 3.05) is 38.3 Å². The molecule has 0 amide bonds. The Hall–Kier alpha value is -2.56. The molecule has 7 nitrogen and oxygen atoms in total. The Morgan fingerprint density at radius 2 is 2.36 bits per heavy atom. The summed E-state index contributed by atoms with van der Waals surface area (Å²) in [5.41, 5.74) is 6.79. The molecule has 0 unspecified atom stereocenters. The molecule has 1 aromatic heterocycles. The maximum absolute atomic E-state index is 12.4. The number of nitrogens with one attached hydrogen (secondary N) is 1. The van der Waals surface area contributed by atoms with Gasteiger partial charge in [0.25, 0.3) is 5.56 Å². The number of morpholine rings is 1. The van der Waals surface area contributed by atoms with Crippen LogP contribution >= 0.6 is 0 Å². The van der Waals surface area contributed by atoms with E-state index in [1.54, 1.807) is 25.4 Å². The fourth-order valence-corrected chi connectivity index (χ4v) is 3.06. The van der Waals surface area contributed by atoms with Crippen LogP contribution in [0.25, 0.3) is 0 Å². The SMILES string of the molecule is CN=C(C#Cc1c[nH]c(=O)c(N2CCOC3(COC3)[C@@H]2C)c1)/C=C\N. The number of nitrogens with two attached hydrogens (primary N) is 1. The normalized spacial score (nSPS) is 22.6. The number of pyridine rings is 1. The number of aromatic nitrogens is 1. The highest BCUT2D eigenvalue weighted by Gasteiger charge is 2.50. The molecule has 0 radical (unpaired) electrons. The van der Waals surface area contributed by atoms with Crippen molar-refractivity contribution in [3.63, 3.8) is 0 Å². The molecule has 1 spiro atoms. The Morgan fingerprint density at radius 1 is 1.56 bits per heavy atom. The maximum Gasteiger partial charge on any atom is 0.271 e. The molecule has 2 fully saturated rings. The number of aromatic amines is 1. The van der Waals surface area contributed by atoms with E-state index in [9.17, 15) is 4.79 Å². The van der Waals surface area contributed by atoms with Crippen molar-refractivity contribution in [1.82, 2.24) is 4.98 Å². The van der Waals surface area contributed by atoms with Gasteiger partial charge in [-0.2, -0.15) is 0 Å². The van der Waals surface area contributed by atoms with Gasteiger partial charge in [0.05, 0.1) is 25.9 Å². The summed E-state index contributed by atoms with van der Waals surface area (Å²) in [6, 6.07) is 1.85. The van der Waals surface area contributed by atoms with E-state index in [0.717, 1.165) is 0 Å². The van der Waals surface area contributed by atoms with Crippen molar-refractivity contribution in [1.29, 1.82) is 0 Å². The van der Waals surface area contributed by atoms with Gasteiger partial charge in [0, 0.05) is 25.4 Å². The fraction of sp³-hybridized carbons (Fsp3) is 0.444. The Labute approximate surface area is 146 Å². The lowest BCUT2D eigenvalue weighted by atomic mass is 9.90. The van der Waals surface area contributed by atoms with Crippen LogP contribution in [0.3, 0.4) is 0 Å². The summed E-state index contributed by atoms with van der Waals surface area (Å²) in [4.78, 5) is 21.2. The van der Waals surface area contributed by atoms with Crippen LogP contribution in [0.4, 0.5) is 5.69 Å². The summed E-state index contributed by atoms with van der Waals surface area (Å²) in [6.07, 6.45) is 4.63. The average molecular weight is 342 g/mol. The number of allylic oxidation sites excluding steroid dienone is 1. The molecular formula is C18H22N4O3. The molecule has 0 saturated carbocycles. The zero-order chi connectivity index (χ0) is 17.9. The van der Waals surface area contributed by atoms with Crippen molar-refractivity contribution >= 4 is 11.4 Å². The minimum absolute atomic E-state index is 0.0484. The third-order valence-corrected chi connectivity index (χ3v) is 4.67. The van der Waals surface area contributed by atoms with E-state index >= 15 is 0 Å². The Balaban J connectivity index is 1.90. The number of aliphatic imine (C=N–C) groups is 1. The van der Waals surface area contributed by atoms with Crippen molar-refractivity contribution in [2.24, 2.45) is 10.7 Å². The van der Waals surface area contributed by atoms with Gasteiger partial charge < -0.3 is 25.1 Å². The number of nitrogens with zero attached hydrogens (tertiary/aromatic N) is 2. The third-order valence-electron chi connectivity index (χ3n) is 4.67. The third kappa shape index (κ3) is 3.31. The number of anilines is 1. The molecule has 0 aliphatic carbocycles. The summed E-state index contributed by atoms with van der Waals surface area (Å²) >= 11 is 0. The maximum atomic E-state index is 12.4. The first-order chi connectivity index (χ1) is 12.1. The van der Waals surface area contributed by atoms with Crippen LogP contribution in [0, 0.1) is 11.8 Å². The van der Waals surface area contributed by atoms with Gasteiger partial charge in [0.1, 0.15) is 17.0 Å². The largest absolute Gasteiger partial charge is 0.405 e. The number of H-pyrrole nitrogens is 1. The predicted octanol–water partition coefficient (Wildman–Crippen LogP) is 0.264. The second kappa shape index (κ2) is 7.13.